The van der Waals surface area contributed by atoms with Crippen molar-refractivity contribution in [2.45, 2.75) is 184 Å². The first-order valence-corrected chi connectivity index (χ1v) is 27.2. The molecule has 30 atom stereocenters. The molecule has 42 nitrogen and oxygen atoms in total. The van der Waals surface area contributed by atoms with E-state index in [2.05, 4.69) is 0 Å². The van der Waals surface area contributed by atoms with Crippen LogP contribution in [0.1, 0.15) is 0 Å². The first-order valence-electron chi connectivity index (χ1n) is 27.2. The predicted octanol–water partition coefficient (Wildman–Crippen LogP) is -38.4. The Morgan fingerprint density at radius 1 is 0.219 bits per heavy atom. The molecule has 22 fully saturated rings. The van der Waals surface area contributed by atoms with Crippen molar-refractivity contribution >= 4 is 35.8 Å². The van der Waals surface area contributed by atoms with Gasteiger partial charge in [0.1, 0.15) is 146 Å². The number of ether oxygens (including phenoxy) is 18. The first-order chi connectivity index (χ1) is 42.6. The van der Waals surface area contributed by atoms with Gasteiger partial charge in [-0.1, -0.05) is 0 Å². The maximum atomic E-state index is 11.7. The molecule has 0 aliphatic carbocycles. The average molecular weight is 1450 g/mol. The minimum Gasteiger partial charge on any atom is -0.548 e. The van der Waals surface area contributed by atoms with Gasteiger partial charge in [-0.25, -0.2) is 0 Å². The second-order valence-electron chi connectivity index (χ2n) is 21.1. The third-order valence-electron chi connectivity index (χ3n) is 14.6. The molecule has 0 aromatic rings. The van der Waals surface area contributed by atoms with E-state index >= 15 is 0 Å². The van der Waals surface area contributed by atoms with Crippen LogP contribution in [0.3, 0.4) is 0 Å². The van der Waals surface area contributed by atoms with E-state index in [0.29, 0.717) is 0 Å². The van der Waals surface area contributed by atoms with E-state index in [1.807, 2.05) is 0 Å². The van der Waals surface area contributed by atoms with Crippen LogP contribution in [0.25, 0.3) is 0 Å². The summed E-state index contributed by atoms with van der Waals surface area (Å²) in [6.07, 6.45) is -67.1. The summed E-state index contributed by atoms with van der Waals surface area (Å²) in [5.41, 5.74) is 0. The molecule has 0 aromatic heterocycles. The standard InChI is InChI=1S/C48H72O42.6Na/c49-19(50)7-73-1-13-37-25(61)31(67)43(79-13)86-38-14(2-74-8-20(51)52)81-45(33(69)27(38)63)88-40-16(4-76-10-22(55)56)83-47(35(71)29(40)65)90-42-18(6-78-12-24(59)60)84-48(36(72)30(42)66)89-41-17(5-77-11-23(57)58)82-46(34(70)28(41)64)87-39-15(3-75-9-21(53)54)80-44(85-37)32(68)26(39)62;;;;;;/h13-18,25-48,61-72H,1-12H2,(H,49,50)(H,51,52)(H,53,54)(H,55,56)(H,57,58)(H,59,60);;;;;;/q;6*+1/p-6/t13-,14-,15-,16-,17-,18-,25-,26-,27-,28-,29-,30-,31-,32-,33-,34-,35-,36-,37-,38-,39-,40-,41-,42-,43-,44-,45-,46-,47-,48-;;;;;;/m1....../s1. The average Bonchev–Trinajstić information content (AvgIpc) is 0.779. The summed E-state index contributed by atoms with van der Waals surface area (Å²) >= 11 is 0. The Kier molecular flexibility index (Phi) is 45.1. The fourth-order valence-electron chi connectivity index (χ4n) is 10.4. The number of aliphatic hydroxyl groups excluding tert-OH is 12. The van der Waals surface area contributed by atoms with Gasteiger partial charge in [-0.2, -0.15) is 0 Å². The molecule has 12 N–H and O–H groups in total. The maximum absolute atomic E-state index is 11.7. The summed E-state index contributed by atoms with van der Waals surface area (Å²) in [4.78, 5) is 68.7. The molecule has 22 saturated heterocycles. The van der Waals surface area contributed by atoms with E-state index in [4.69, 9.17) is 85.3 Å². The molecule has 0 amide bonds. The maximum Gasteiger partial charge on any atom is 1.00 e. The number of aliphatic carboxylic acids is 6. The molecule has 516 valence electrons. The minimum atomic E-state index is -2.43. The molecule has 48 heteroatoms. The molecule has 22 rings (SSSR count). The first kappa shape index (κ1) is 95.6. The Bertz CT molecular complexity index is 1970. The molecular weight excluding hydrogens is 1390 g/mol. The number of hydrogen-bond donors (Lipinski definition) is 12. The van der Waals surface area contributed by atoms with Crippen LogP contribution in [0.5, 0.6) is 0 Å². The number of carboxylic acid groups (broad SMARTS) is 6. The van der Waals surface area contributed by atoms with Gasteiger partial charge in [0, 0.05) is 0 Å². The van der Waals surface area contributed by atoms with Crippen LogP contribution in [-0.2, 0) is 114 Å². The van der Waals surface area contributed by atoms with Crippen LogP contribution in [0.15, 0.2) is 0 Å². The zero-order valence-electron chi connectivity index (χ0n) is 52.4. The van der Waals surface area contributed by atoms with Crippen molar-refractivity contribution in [1.82, 2.24) is 0 Å². The van der Waals surface area contributed by atoms with Crippen molar-refractivity contribution in [3.63, 3.8) is 0 Å². The minimum absolute atomic E-state index is 0. The van der Waals surface area contributed by atoms with Crippen LogP contribution >= 0.6 is 0 Å². The second-order valence-corrected chi connectivity index (χ2v) is 21.1. The Morgan fingerprint density at radius 2 is 0.333 bits per heavy atom. The topological polar surface area (TPSA) is 650 Å². The zero-order valence-corrected chi connectivity index (χ0v) is 64.4. The Balaban J connectivity index is 0.00000768. The van der Waals surface area contributed by atoms with Gasteiger partial charge in [-0.05, 0) is 0 Å². The summed E-state index contributed by atoms with van der Waals surface area (Å²) < 4.78 is 101. The quantitative estimate of drug-likeness (QED) is 0.0399. The van der Waals surface area contributed by atoms with Crippen molar-refractivity contribution in [2.24, 2.45) is 0 Å². The van der Waals surface area contributed by atoms with Crippen LogP contribution in [0, 0.1) is 0 Å². The number of rotatable bonds is 24. The Morgan fingerprint density at radius 3 is 0.438 bits per heavy atom. The van der Waals surface area contributed by atoms with Crippen LogP contribution in [-0.4, -0.2) is 361 Å². The summed E-state index contributed by atoms with van der Waals surface area (Å²) in [6, 6.07) is 0. The van der Waals surface area contributed by atoms with E-state index in [-0.39, 0.29) is 177 Å². The fourth-order valence-corrected chi connectivity index (χ4v) is 10.4. The van der Waals surface area contributed by atoms with E-state index in [0.717, 1.165) is 0 Å². The Hall–Kier alpha value is 1.62. The number of carboxylic acids is 6. The summed E-state index contributed by atoms with van der Waals surface area (Å²) in [5.74, 6) is -10.9. The summed E-state index contributed by atoms with van der Waals surface area (Å²) in [6.45, 7) is -13.1. The Labute approximate surface area is 675 Å². The number of carbonyl (C=O) groups excluding carboxylic acids is 6. The monoisotopic (exact) mass is 1450 g/mol. The van der Waals surface area contributed by atoms with Crippen molar-refractivity contribution in [1.29, 1.82) is 0 Å². The van der Waals surface area contributed by atoms with Crippen molar-refractivity contribution in [3.8, 4) is 0 Å². The molecule has 96 heavy (non-hydrogen) atoms. The van der Waals surface area contributed by atoms with Gasteiger partial charge in [0.2, 0.25) is 0 Å². The molecule has 12 bridgehead atoms. The molecule has 22 aliphatic rings. The molecule has 22 aliphatic heterocycles. The number of aliphatic hydroxyl groups is 12. The van der Waals surface area contributed by atoms with Crippen LogP contribution < -0.4 is 208 Å². The van der Waals surface area contributed by atoms with Crippen LogP contribution in [0.4, 0.5) is 0 Å². The third-order valence-corrected chi connectivity index (χ3v) is 14.6. The van der Waals surface area contributed by atoms with Gasteiger partial charge >= 0.3 is 177 Å². The van der Waals surface area contributed by atoms with Gasteiger partial charge in [0.05, 0.1) is 115 Å². The molecule has 0 saturated carbocycles. The fraction of sp³-hybridized carbons (Fsp3) is 0.875. The zero-order chi connectivity index (χ0) is 66.0. The van der Waals surface area contributed by atoms with Crippen molar-refractivity contribution in [2.75, 3.05) is 79.3 Å². The smallest absolute Gasteiger partial charge is 0.548 e. The van der Waals surface area contributed by atoms with E-state index in [1.165, 1.54) is 0 Å². The van der Waals surface area contributed by atoms with Gasteiger partial charge in [0.15, 0.2) is 37.7 Å². The SMILES string of the molecule is O=C([O-])COC[C@H]1O[C@@H]2O[C@H]3[C@H](O)[C@@H](O)[C@@H](O[C@H]4[C@H](O)[C@@H](O)[C@@H](O[C@H]5[C@H](O)[C@@H](O)[C@@H](O[C@H]6[C@H](O)[C@@H](O)[C@@H](O[C@H]7[C@H](O)[C@@H](O)[C@@H](O[C@H]1[C@H](O)[C@H]2O)O[C@@H]7COCC(=O)[O-])O[C@@H]6COCC(=O)[O-])O[C@@H]5COCC(=O)[O-])O[C@@H]4COCC(=O)[O-])O[C@@H]3COCC(=O)[O-].[Na+].[Na+].[Na+].[Na+].[Na+].[Na+]. The predicted molar refractivity (Wildman–Crippen MR) is 248 cm³/mol. The normalized spacial score (nSPS) is 40.8. The number of carbonyl (C=O) groups is 6. The van der Waals surface area contributed by atoms with Gasteiger partial charge in [-0.15, -0.1) is 0 Å². The molecule has 0 spiro atoms. The van der Waals surface area contributed by atoms with Gasteiger partial charge in [-0.3, -0.25) is 0 Å². The third kappa shape index (κ3) is 26.0. The van der Waals surface area contributed by atoms with E-state index in [1.54, 1.807) is 0 Å². The summed E-state index contributed by atoms with van der Waals surface area (Å²) in [7, 11) is 0. The van der Waals surface area contributed by atoms with Crippen LogP contribution in [0.2, 0.25) is 0 Å². The molecule has 22 heterocycles. The summed E-state index contributed by atoms with van der Waals surface area (Å²) in [5, 5.41) is 209. The van der Waals surface area contributed by atoms with Gasteiger partial charge < -0.3 is 206 Å². The van der Waals surface area contributed by atoms with E-state index in [9.17, 15) is 121 Å². The number of hydrogen-bond acceptors (Lipinski definition) is 42. The van der Waals surface area contributed by atoms with Crippen molar-refractivity contribution in [3.05, 3.63) is 0 Å². The second kappa shape index (κ2) is 45.3. The molecule has 0 aromatic carbocycles. The van der Waals surface area contributed by atoms with Gasteiger partial charge in [0.25, 0.3) is 0 Å². The largest absolute Gasteiger partial charge is 1.00 e. The van der Waals surface area contributed by atoms with E-state index < -0.39 is 299 Å². The molecule has 0 unspecified atom stereocenters. The van der Waals surface area contributed by atoms with Crippen molar-refractivity contribution < 1.29 is 383 Å². The molecule has 0 radical (unpaired) electrons. The molecular formula is C48H66Na6O42.